The Morgan fingerprint density at radius 1 is 0.853 bits per heavy atom. The van der Waals surface area contributed by atoms with E-state index in [1.54, 1.807) is 0 Å². The van der Waals surface area contributed by atoms with Gasteiger partial charge in [0.2, 0.25) is 0 Å². The summed E-state index contributed by atoms with van der Waals surface area (Å²) in [5.41, 5.74) is -5.07. The first kappa shape index (κ1) is 26.9. The smallest absolute Gasteiger partial charge is 0.330 e. The third-order valence-corrected chi connectivity index (χ3v) is 6.74. The van der Waals surface area contributed by atoms with Gasteiger partial charge >= 0.3 is 5.97 Å². The van der Waals surface area contributed by atoms with Crippen molar-refractivity contribution in [1.29, 1.82) is 0 Å². The molecule has 192 valence electrons. The highest BCUT2D eigenvalue weighted by Gasteiger charge is 2.65. The second-order valence-electron chi connectivity index (χ2n) is 8.95. The van der Waals surface area contributed by atoms with Gasteiger partial charge in [0.05, 0.1) is 19.3 Å². The number of rotatable bonds is 4. The van der Waals surface area contributed by atoms with Crippen LogP contribution >= 0.6 is 0 Å². The molecule has 2 fully saturated rings. The third kappa shape index (κ3) is 4.35. The van der Waals surface area contributed by atoms with Crippen LogP contribution < -0.4 is 0 Å². The van der Waals surface area contributed by atoms with Crippen LogP contribution in [0.15, 0.2) is 36.0 Å². The molecule has 1 aliphatic carbocycles. The summed E-state index contributed by atoms with van der Waals surface area (Å²) in [5, 5.41) is 85.6. The highest BCUT2D eigenvalue weighted by atomic mass is 16.6. The maximum atomic E-state index is 11.9. The van der Waals surface area contributed by atoms with Gasteiger partial charge in [-0.15, -0.1) is 0 Å². The summed E-state index contributed by atoms with van der Waals surface area (Å²) >= 11 is 0. The molecule has 0 aromatic heterocycles. The van der Waals surface area contributed by atoms with Gasteiger partial charge in [0.15, 0.2) is 0 Å². The number of esters is 1. The SMILES string of the molecule is COC(=O)C=CC1=CC(O)(C2O[C@H](C)[C@H](O)[C@H](O)[C@H]2O)C(O)(C2O[C@H](C)[C@H](O)[C@H](O)[C@H]2O)C=C1. The molecule has 0 amide bonds. The van der Waals surface area contributed by atoms with Crippen molar-refractivity contribution in [1.82, 2.24) is 0 Å². The van der Waals surface area contributed by atoms with E-state index in [9.17, 15) is 45.6 Å². The van der Waals surface area contributed by atoms with Crippen molar-refractivity contribution in [2.24, 2.45) is 0 Å². The molecule has 2 heterocycles. The van der Waals surface area contributed by atoms with E-state index < -0.39 is 78.2 Å². The second-order valence-corrected chi connectivity index (χ2v) is 8.95. The van der Waals surface area contributed by atoms with Gasteiger partial charge in [-0.25, -0.2) is 4.79 Å². The fourth-order valence-corrected chi connectivity index (χ4v) is 4.57. The minimum absolute atomic E-state index is 0.153. The molecular formula is C22H32O12. The number of carbonyl (C=O) groups is 1. The lowest BCUT2D eigenvalue weighted by Crippen LogP contribution is -2.76. The summed E-state index contributed by atoms with van der Waals surface area (Å²) in [6.45, 7) is 2.76. The van der Waals surface area contributed by atoms with Crippen LogP contribution in [0.3, 0.4) is 0 Å². The van der Waals surface area contributed by atoms with Crippen LogP contribution in [0.25, 0.3) is 0 Å². The van der Waals surface area contributed by atoms with Crippen LogP contribution in [0.1, 0.15) is 13.8 Å². The number of hydrogen-bond acceptors (Lipinski definition) is 12. The normalized spacial score (nSPS) is 49.7. The Labute approximate surface area is 195 Å². The average molecular weight is 488 g/mol. The van der Waals surface area contributed by atoms with Crippen molar-refractivity contribution in [3.8, 4) is 0 Å². The number of aliphatic hydroxyl groups excluding tert-OH is 6. The van der Waals surface area contributed by atoms with Gasteiger partial charge in [0.25, 0.3) is 0 Å². The number of methoxy groups -OCH3 is 1. The predicted octanol–water partition coefficient (Wildman–Crippen LogP) is -3.59. The fraction of sp³-hybridized carbons (Fsp3) is 0.682. The zero-order valence-electron chi connectivity index (χ0n) is 18.9. The Balaban J connectivity index is 2.12. The molecule has 8 N–H and O–H groups in total. The van der Waals surface area contributed by atoms with Crippen LogP contribution in [0.2, 0.25) is 0 Å². The van der Waals surface area contributed by atoms with Crippen LogP contribution in [0.5, 0.6) is 0 Å². The molecule has 2 aliphatic heterocycles. The third-order valence-electron chi connectivity index (χ3n) is 6.74. The Morgan fingerprint density at radius 3 is 1.79 bits per heavy atom. The molecule has 12 atom stereocenters. The highest BCUT2D eigenvalue weighted by molar-refractivity contribution is 5.82. The predicted molar refractivity (Wildman–Crippen MR) is 113 cm³/mol. The standard InChI is InChI=1S/C22H32O12/c1-9-13(24)15(26)17(28)19(33-9)21(30)7-6-11(4-5-12(23)32-3)8-22(21,31)20-18(29)16(27)14(25)10(2)34-20/h4-10,13-20,24-31H,1-3H3/t9-,10-,13+,14+,15+,16+,17-,18-,19?,20?,21?,22?/m1/s1. The van der Waals surface area contributed by atoms with Gasteiger partial charge in [-0.2, -0.15) is 0 Å². The molecule has 2 saturated heterocycles. The van der Waals surface area contributed by atoms with Crippen molar-refractivity contribution in [2.75, 3.05) is 7.11 Å². The van der Waals surface area contributed by atoms with Gasteiger partial charge < -0.3 is 55.1 Å². The first-order chi connectivity index (χ1) is 15.8. The Morgan fingerprint density at radius 2 is 1.32 bits per heavy atom. The van der Waals surface area contributed by atoms with Gasteiger partial charge in [0.1, 0.15) is 60.0 Å². The van der Waals surface area contributed by atoms with Crippen LogP contribution in [-0.2, 0) is 19.0 Å². The largest absolute Gasteiger partial charge is 0.466 e. The Kier molecular flexibility index (Phi) is 7.70. The van der Waals surface area contributed by atoms with Crippen molar-refractivity contribution in [3.63, 3.8) is 0 Å². The van der Waals surface area contributed by atoms with E-state index >= 15 is 0 Å². The van der Waals surface area contributed by atoms with E-state index in [0.29, 0.717) is 0 Å². The first-order valence-electron chi connectivity index (χ1n) is 10.8. The zero-order valence-corrected chi connectivity index (χ0v) is 18.9. The van der Waals surface area contributed by atoms with E-state index in [0.717, 1.165) is 25.3 Å². The average Bonchev–Trinajstić information content (AvgIpc) is 2.81. The van der Waals surface area contributed by atoms with Crippen molar-refractivity contribution in [3.05, 3.63) is 36.0 Å². The molecular weight excluding hydrogens is 456 g/mol. The maximum absolute atomic E-state index is 11.9. The molecule has 0 aromatic carbocycles. The van der Waals surface area contributed by atoms with Crippen molar-refractivity contribution in [2.45, 2.75) is 86.1 Å². The summed E-state index contributed by atoms with van der Waals surface area (Å²) in [7, 11) is 1.16. The van der Waals surface area contributed by atoms with Crippen LogP contribution in [-0.4, -0.2) is 126 Å². The molecule has 4 unspecified atom stereocenters. The summed E-state index contributed by atoms with van der Waals surface area (Å²) in [6.07, 6.45) is -10.3. The van der Waals surface area contributed by atoms with Crippen molar-refractivity contribution < 1.29 is 59.9 Å². The fourth-order valence-electron chi connectivity index (χ4n) is 4.57. The van der Waals surface area contributed by atoms with E-state index in [4.69, 9.17) is 9.47 Å². The second kappa shape index (κ2) is 9.74. The molecule has 0 saturated carbocycles. The lowest BCUT2D eigenvalue weighted by atomic mass is 9.66. The lowest BCUT2D eigenvalue weighted by Gasteiger charge is -2.56. The molecule has 3 aliphatic rings. The number of aliphatic hydroxyl groups is 8. The van der Waals surface area contributed by atoms with E-state index in [2.05, 4.69) is 4.74 Å². The quantitative estimate of drug-likeness (QED) is 0.143. The van der Waals surface area contributed by atoms with Gasteiger partial charge in [-0.1, -0.05) is 6.08 Å². The van der Waals surface area contributed by atoms with Crippen LogP contribution in [0, 0.1) is 0 Å². The van der Waals surface area contributed by atoms with E-state index in [1.807, 2.05) is 0 Å². The molecule has 0 aromatic rings. The first-order valence-corrected chi connectivity index (χ1v) is 10.8. The van der Waals surface area contributed by atoms with Crippen molar-refractivity contribution >= 4 is 5.97 Å². The van der Waals surface area contributed by atoms with Crippen LogP contribution in [0.4, 0.5) is 0 Å². The summed E-state index contributed by atoms with van der Waals surface area (Å²) < 4.78 is 15.7. The monoisotopic (exact) mass is 488 g/mol. The number of hydrogen-bond donors (Lipinski definition) is 8. The summed E-state index contributed by atoms with van der Waals surface area (Å²) in [4.78, 5) is 11.5. The molecule has 12 nitrogen and oxygen atoms in total. The molecule has 12 heteroatoms. The van der Waals surface area contributed by atoms with E-state index in [1.165, 1.54) is 26.0 Å². The zero-order chi connectivity index (χ0) is 25.6. The van der Waals surface area contributed by atoms with E-state index in [-0.39, 0.29) is 5.57 Å². The Bertz CT molecular complexity index is 857. The summed E-state index contributed by atoms with van der Waals surface area (Å²) in [6, 6.07) is 0. The number of carbonyl (C=O) groups excluding carboxylic acids is 1. The lowest BCUT2D eigenvalue weighted by molar-refractivity contribution is -0.314. The molecule has 0 bridgehead atoms. The molecule has 34 heavy (non-hydrogen) atoms. The van der Waals surface area contributed by atoms with Gasteiger partial charge in [-0.3, -0.25) is 0 Å². The minimum Gasteiger partial charge on any atom is -0.466 e. The van der Waals surface area contributed by atoms with Gasteiger partial charge in [0, 0.05) is 6.08 Å². The number of ether oxygens (including phenoxy) is 3. The molecule has 0 radical (unpaired) electrons. The topological polar surface area (TPSA) is 207 Å². The molecule has 0 spiro atoms. The summed E-state index contributed by atoms with van der Waals surface area (Å²) in [5.74, 6) is -0.711. The Hall–Kier alpha value is -1.71. The maximum Gasteiger partial charge on any atom is 0.330 e. The van der Waals surface area contributed by atoms with Gasteiger partial charge in [-0.05, 0) is 37.6 Å². The number of allylic oxidation sites excluding steroid dienone is 3. The minimum atomic E-state index is -2.64. The molecule has 3 rings (SSSR count). The highest BCUT2D eigenvalue weighted by Crippen LogP contribution is 2.45.